The second-order valence-corrected chi connectivity index (χ2v) is 6.17. The predicted molar refractivity (Wildman–Crippen MR) is 126 cm³/mol. The third-order valence-corrected chi connectivity index (χ3v) is 3.87. The Bertz CT molecular complexity index is 681. The summed E-state index contributed by atoms with van der Waals surface area (Å²) < 4.78 is 12.8. The van der Waals surface area contributed by atoms with Crippen LogP contribution in [0.1, 0.15) is 32.3 Å². The van der Waals surface area contributed by atoms with Gasteiger partial charge in [-0.05, 0) is 37.1 Å². The Morgan fingerprint density at radius 3 is 2.66 bits per heavy atom. The zero-order valence-corrected chi connectivity index (χ0v) is 19.7. The van der Waals surface area contributed by atoms with E-state index in [-0.39, 0.29) is 24.0 Å². The third-order valence-electron chi connectivity index (χ3n) is 3.87. The molecule has 0 aliphatic heterocycles. The van der Waals surface area contributed by atoms with Crippen molar-refractivity contribution in [2.75, 3.05) is 39.5 Å². The molecule has 2 aromatic rings. The molecule has 0 aliphatic carbocycles. The van der Waals surface area contributed by atoms with Crippen molar-refractivity contribution in [2.45, 2.75) is 33.2 Å². The van der Waals surface area contributed by atoms with Crippen molar-refractivity contribution in [1.29, 1.82) is 0 Å². The number of ether oxygens (including phenoxy) is 2. The number of pyridine rings is 1. The van der Waals surface area contributed by atoms with E-state index < -0.39 is 0 Å². The number of nitrogens with one attached hydrogen (secondary N) is 2. The second-order valence-electron chi connectivity index (χ2n) is 6.17. The van der Waals surface area contributed by atoms with Crippen LogP contribution in [0.4, 0.5) is 0 Å². The van der Waals surface area contributed by atoms with Gasteiger partial charge in [-0.3, -0.25) is 0 Å². The SMILES string of the molecule is CCCCOCCOCCNC(=NCc1ccnc(-n2cccn2)c1)NCC.I. The van der Waals surface area contributed by atoms with Gasteiger partial charge in [-0.15, -0.1) is 24.0 Å². The van der Waals surface area contributed by atoms with Crippen LogP contribution in [0, 0.1) is 0 Å². The molecule has 2 N–H and O–H groups in total. The number of halogens is 1. The fraction of sp³-hybridized carbons (Fsp3) is 0.550. The fourth-order valence-electron chi connectivity index (χ4n) is 2.41. The summed E-state index contributed by atoms with van der Waals surface area (Å²) in [6, 6.07) is 5.82. The van der Waals surface area contributed by atoms with Crippen molar-refractivity contribution >= 4 is 29.9 Å². The quantitative estimate of drug-likeness (QED) is 0.184. The van der Waals surface area contributed by atoms with Crippen LogP contribution in [0.2, 0.25) is 0 Å². The van der Waals surface area contributed by atoms with Gasteiger partial charge in [0.25, 0.3) is 0 Å². The summed E-state index contributed by atoms with van der Waals surface area (Å²) in [6.45, 7) is 8.93. The monoisotopic (exact) mass is 516 g/mol. The van der Waals surface area contributed by atoms with E-state index in [1.54, 1.807) is 17.1 Å². The molecule has 162 valence electrons. The smallest absolute Gasteiger partial charge is 0.191 e. The number of guanidine groups is 1. The topological polar surface area (TPSA) is 85.6 Å². The van der Waals surface area contributed by atoms with Crippen molar-refractivity contribution in [3.8, 4) is 5.82 Å². The largest absolute Gasteiger partial charge is 0.379 e. The van der Waals surface area contributed by atoms with Crippen LogP contribution >= 0.6 is 24.0 Å². The maximum atomic E-state index is 5.57. The van der Waals surface area contributed by atoms with Crippen LogP contribution < -0.4 is 10.6 Å². The van der Waals surface area contributed by atoms with E-state index in [1.807, 2.05) is 31.3 Å². The van der Waals surface area contributed by atoms with E-state index in [4.69, 9.17) is 9.47 Å². The number of nitrogens with zero attached hydrogens (tertiary/aromatic N) is 4. The molecular weight excluding hydrogens is 483 g/mol. The highest BCUT2D eigenvalue weighted by Gasteiger charge is 2.01. The predicted octanol–water partition coefficient (Wildman–Crippen LogP) is 2.77. The molecule has 2 rings (SSSR count). The van der Waals surface area contributed by atoms with Crippen molar-refractivity contribution in [3.05, 3.63) is 42.4 Å². The van der Waals surface area contributed by atoms with Crippen LogP contribution in [0.15, 0.2) is 41.8 Å². The molecule has 0 saturated heterocycles. The summed E-state index contributed by atoms with van der Waals surface area (Å²) >= 11 is 0. The van der Waals surface area contributed by atoms with Crippen LogP contribution in [0.3, 0.4) is 0 Å². The average Bonchev–Trinajstić information content (AvgIpc) is 3.26. The van der Waals surface area contributed by atoms with Gasteiger partial charge >= 0.3 is 0 Å². The molecule has 0 bridgehead atoms. The molecule has 2 heterocycles. The maximum Gasteiger partial charge on any atom is 0.191 e. The van der Waals surface area contributed by atoms with E-state index in [0.717, 1.165) is 43.3 Å². The number of aliphatic imine (C=N–C) groups is 1. The first kappa shape index (κ1) is 25.3. The van der Waals surface area contributed by atoms with Crippen molar-refractivity contribution < 1.29 is 9.47 Å². The minimum Gasteiger partial charge on any atom is -0.379 e. The van der Waals surface area contributed by atoms with Crippen LogP contribution in [-0.4, -0.2) is 60.2 Å². The Balaban J connectivity index is 0.00000420. The summed E-state index contributed by atoms with van der Waals surface area (Å²) in [5.41, 5.74) is 1.07. The standard InChI is InChI=1S/C20H32N6O2.HI/c1-3-5-12-27-14-15-28-13-10-23-20(21-4-2)24-17-18-7-9-22-19(16-18)26-11-6-8-25-26;/h6-9,11,16H,3-5,10,12-15,17H2,1-2H3,(H2,21,23,24);1H. The molecule has 0 amide bonds. The molecule has 0 saturated carbocycles. The lowest BCUT2D eigenvalue weighted by molar-refractivity contribution is 0.0487. The molecule has 0 fully saturated rings. The van der Waals surface area contributed by atoms with Gasteiger partial charge in [0.2, 0.25) is 0 Å². The lowest BCUT2D eigenvalue weighted by atomic mass is 10.2. The first-order chi connectivity index (χ1) is 13.8. The van der Waals surface area contributed by atoms with Crippen LogP contribution in [0.5, 0.6) is 0 Å². The van der Waals surface area contributed by atoms with Crippen molar-refractivity contribution in [2.24, 2.45) is 4.99 Å². The van der Waals surface area contributed by atoms with Gasteiger partial charge in [-0.1, -0.05) is 13.3 Å². The Labute approximate surface area is 190 Å². The highest BCUT2D eigenvalue weighted by atomic mass is 127. The van der Waals surface area contributed by atoms with Gasteiger partial charge in [-0.2, -0.15) is 5.10 Å². The van der Waals surface area contributed by atoms with Gasteiger partial charge in [0.05, 0.1) is 26.4 Å². The number of unbranched alkanes of at least 4 members (excludes halogenated alkanes) is 1. The minimum atomic E-state index is 0. The fourth-order valence-corrected chi connectivity index (χ4v) is 2.41. The number of rotatable bonds is 13. The minimum absolute atomic E-state index is 0. The first-order valence-electron chi connectivity index (χ1n) is 9.96. The maximum absolute atomic E-state index is 5.57. The zero-order valence-electron chi connectivity index (χ0n) is 17.3. The van der Waals surface area contributed by atoms with E-state index in [1.165, 1.54) is 0 Å². The number of hydrogen-bond acceptors (Lipinski definition) is 5. The highest BCUT2D eigenvalue weighted by Crippen LogP contribution is 2.07. The molecule has 0 aromatic carbocycles. The van der Waals surface area contributed by atoms with Gasteiger partial charge in [-0.25, -0.2) is 14.7 Å². The molecule has 0 aliphatic rings. The molecule has 9 heteroatoms. The number of hydrogen-bond donors (Lipinski definition) is 2. The molecular formula is C20H33IN6O2. The van der Waals surface area contributed by atoms with E-state index in [2.05, 4.69) is 32.6 Å². The van der Waals surface area contributed by atoms with Crippen LogP contribution in [0.25, 0.3) is 5.82 Å². The summed E-state index contributed by atoms with van der Waals surface area (Å²) in [7, 11) is 0. The molecule has 0 atom stereocenters. The second kappa shape index (κ2) is 16.1. The van der Waals surface area contributed by atoms with Crippen molar-refractivity contribution in [1.82, 2.24) is 25.4 Å². The third kappa shape index (κ3) is 10.6. The summed E-state index contributed by atoms with van der Waals surface area (Å²) in [5.74, 6) is 1.55. The van der Waals surface area contributed by atoms with Crippen molar-refractivity contribution in [3.63, 3.8) is 0 Å². The van der Waals surface area contributed by atoms with E-state index in [9.17, 15) is 0 Å². The highest BCUT2D eigenvalue weighted by molar-refractivity contribution is 14.0. The van der Waals surface area contributed by atoms with Gasteiger partial charge in [0, 0.05) is 38.3 Å². The van der Waals surface area contributed by atoms with E-state index >= 15 is 0 Å². The first-order valence-corrected chi connectivity index (χ1v) is 9.96. The van der Waals surface area contributed by atoms with Crippen LogP contribution in [-0.2, 0) is 16.0 Å². The normalized spacial score (nSPS) is 11.2. The molecule has 2 aromatic heterocycles. The van der Waals surface area contributed by atoms with Gasteiger partial charge < -0.3 is 20.1 Å². The van der Waals surface area contributed by atoms with Gasteiger partial charge in [0.15, 0.2) is 11.8 Å². The molecule has 0 spiro atoms. The Hall–Kier alpha value is -1.72. The van der Waals surface area contributed by atoms with E-state index in [0.29, 0.717) is 32.9 Å². The molecule has 29 heavy (non-hydrogen) atoms. The molecule has 0 radical (unpaired) electrons. The molecule has 0 unspecified atom stereocenters. The Morgan fingerprint density at radius 1 is 1.10 bits per heavy atom. The lowest BCUT2D eigenvalue weighted by Crippen LogP contribution is -2.39. The lowest BCUT2D eigenvalue weighted by Gasteiger charge is -2.12. The Kier molecular flexibility index (Phi) is 14.1. The average molecular weight is 516 g/mol. The summed E-state index contributed by atoms with van der Waals surface area (Å²) in [4.78, 5) is 8.97. The zero-order chi connectivity index (χ0) is 19.9. The van der Waals surface area contributed by atoms with Gasteiger partial charge in [0.1, 0.15) is 0 Å². The summed E-state index contributed by atoms with van der Waals surface area (Å²) in [5, 5.41) is 10.7. The Morgan fingerprint density at radius 2 is 1.93 bits per heavy atom. The molecule has 8 nitrogen and oxygen atoms in total. The number of aromatic nitrogens is 3. The summed E-state index contributed by atoms with van der Waals surface area (Å²) in [6.07, 6.45) is 7.64.